The van der Waals surface area contributed by atoms with Crippen molar-refractivity contribution in [3.8, 4) is 0 Å². The highest BCUT2D eigenvalue weighted by molar-refractivity contribution is 9.10. The number of rotatable bonds is 7. The van der Waals surface area contributed by atoms with Gasteiger partial charge >= 0.3 is 0 Å². The summed E-state index contributed by atoms with van der Waals surface area (Å²) in [5.74, 6) is -0.182. The van der Waals surface area contributed by atoms with Gasteiger partial charge in [-0.1, -0.05) is 46.9 Å². The number of unbranched alkanes of at least 4 members (excludes halogenated alkanes) is 1. The molecule has 0 bridgehead atoms. The minimum absolute atomic E-state index is 0.0719. The van der Waals surface area contributed by atoms with Crippen LogP contribution >= 0.6 is 27.5 Å². The number of carbonyl (C=O) groups is 1. The van der Waals surface area contributed by atoms with E-state index in [1.54, 1.807) is 29.8 Å². The Morgan fingerprint density at radius 1 is 1.40 bits per heavy atom. The monoisotopic (exact) mass is 447 g/mol. The molecule has 0 saturated carbocycles. The maximum absolute atomic E-state index is 12.2. The maximum atomic E-state index is 12.2. The van der Waals surface area contributed by atoms with Crippen molar-refractivity contribution in [2.24, 2.45) is 0 Å². The zero-order valence-electron chi connectivity index (χ0n) is 13.9. The Labute approximate surface area is 160 Å². The van der Waals surface area contributed by atoms with Gasteiger partial charge in [-0.2, -0.15) is 0 Å². The van der Waals surface area contributed by atoms with Crippen molar-refractivity contribution >= 4 is 43.5 Å². The highest BCUT2D eigenvalue weighted by Gasteiger charge is 2.19. The summed E-state index contributed by atoms with van der Waals surface area (Å²) in [7, 11) is -3.64. The molecule has 1 heterocycles. The molecule has 2 rings (SSSR count). The molecule has 0 saturated heterocycles. The van der Waals surface area contributed by atoms with Crippen LogP contribution in [-0.2, 0) is 16.6 Å². The Morgan fingerprint density at radius 3 is 2.76 bits per heavy atom. The molecule has 1 N–H and O–H groups in total. The number of imidazole rings is 1. The second-order valence-electron chi connectivity index (χ2n) is 5.64. The third kappa shape index (κ3) is 5.55. The number of sulfonamides is 1. The number of amides is 1. The summed E-state index contributed by atoms with van der Waals surface area (Å²) in [6.45, 7) is 4.12. The molecule has 0 spiro atoms. The Balaban J connectivity index is 2.15. The molecular formula is C16H19BrClN3O3S. The Bertz CT molecular complexity index is 881. The fourth-order valence-corrected chi connectivity index (χ4v) is 4.16. The second-order valence-corrected chi connectivity index (χ2v) is 8.77. The number of benzene rings is 1. The highest BCUT2D eigenvalue weighted by atomic mass is 79.9. The molecule has 25 heavy (non-hydrogen) atoms. The maximum Gasteiger partial charge on any atom is 0.284 e. The van der Waals surface area contributed by atoms with Gasteiger partial charge in [-0.25, -0.2) is 18.1 Å². The van der Waals surface area contributed by atoms with Crippen LogP contribution in [0.2, 0.25) is 5.02 Å². The third-order valence-electron chi connectivity index (χ3n) is 3.58. The van der Waals surface area contributed by atoms with Crippen molar-refractivity contribution in [1.29, 1.82) is 0 Å². The molecule has 0 unspecified atom stereocenters. The third-order valence-corrected chi connectivity index (χ3v) is 5.88. The van der Waals surface area contributed by atoms with Crippen LogP contribution in [0.1, 0.15) is 41.6 Å². The first-order chi connectivity index (χ1) is 11.7. The van der Waals surface area contributed by atoms with Crippen molar-refractivity contribution in [3.63, 3.8) is 0 Å². The van der Waals surface area contributed by atoms with Crippen LogP contribution in [0.15, 0.2) is 28.9 Å². The van der Waals surface area contributed by atoms with Gasteiger partial charge in [-0.3, -0.25) is 4.79 Å². The van der Waals surface area contributed by atoms with Crippen molar-refractivity contribution < 1.29 is 13.2 Å². The number of hydrogen-bond donors (Lipinski definition) is 1. The van der Waals surface area contributed by atoms with Gasteiger partial charge in [0, 0.05) is 22.2 Å². The van der Waals surface area contributed by atoms with Crippen LogP contribution in [0.5, 0.6) is 0 Å². The van der Waals surface area contributed by atoms with Crippen molar-refractivity contribution in [2.45, 2.75) is 33.2 Å². The van der Waals surface area contributed by atoms with E-state index in [4.69, 9.17) is 11.6 Å². The molecule has 1 amide bonds. The summed E-state index contributed by atoms with van der Waals surface area (Å²) >= 11 is 9.39. The van der Waals surface area contributed by atoms with E-state index in [2.05, 4.69) is 25.6 Å². The van der Waals surface area contributed by atoms with Crippen LogP contribution in [-0.4, -0.2) is 29.6 Å². The molecule has 0 atom stereocenters. The average molecular weight is 449 g/mol. The molecular weight excluding hydrogens is 430 g/mol. The van der Waals surface area contributed by atoms with Crippen LogP contribution in [0, 0.1) is 6.92 Å². The average Bonchev–Trinajstić information content (AvgIpc) is 2.89. The number of aryl methyl sites for hydroxylation is 1. The first-order valence-corrected chi connectivity index (χ1v) is 10.6. The predicted octanol–water partition coefficient (Wildman–Crippen LogP) is 3.52. The van der Waals surface area contributed by atoms with Crippen LogP contribution in [0.25, 0.3) is 0 Å². The highest BCUT2D eigenvalue weighted by Crippen LogP contribution is 2.23. The summed E-state index contributed by atoms with van der Waals surface area (Å²) in [6.07, 6.45) is 2.78. The first-order valence-electron chi connectivity index (χ1n) is 7.74. The van der Waals surface area contributed by atoms with E-state index in [1.807, 2.05) is 13.0 Å². The number of nitrogens with zero attached hydrogens (tertiary/aromatic N) is 2. The fraction of sp³-hybridized carbons (Fsp3) is 0.375. The summed E-state index contributed by atoms with van der Waals surface area (Å²) in [4.78, 5) is 16.3. The molecule has 0 aliphatic heterocycles. The molecule has 6 nitrogen and oxygen atoms in total. The van der Waals surface area contributed by atoms with E-state index in [9.17, 15) is 13.2 Å². The summed E-state index contributed by atoms with van der Waals surface area (Å²) in [6, 6.07) is 5.44. The molecule has 1 aromatic heterocycles. The van der Waals surface area contributed by atoms with Crippen molar-refractivity contribution in [1.82, 2.24) is 14.3 Å². The standard InChI is InChI=1S/C16H19BrClN3O3S/c1-3-4-7-25(23,24)20-16(22)15-10-21(11(2)19-15)9-12-5-6-13(18)8-14(12)17/h5-6,8,10H,3-4,7,9H2,1-2H3,(H,20,22). The fourth-order valence-electron chi connectivity index (χ4n) is 2.19. The van der Waals surface area contributed by atoms with Crippen LogP contribution in [0.4, 0.5) is 0 Å². The van der Waals surface area contributed by atoms with Gasteiger partial charge in [-0.15, -0.1) is 0 Å². The molecule has 0 aliphatic carbocycles. The van der Waals surface area contributed by atoms with E-state index >= 15 is 0 Å². The van der Waals surface area contributed by atoms with E-state index in [-0.39, 0.29) is 11.4 Å². The molecule has 2 aromatic rings. The van der Waals surface area contributed by atoms with Gasteiger partial charge in [0.15, 0.2) is 0 Å². The summed E-state index contributed by atoms with van der Waals surface area (Å²) in [5, 5.41) is 0.621. The SMILES string of the molecule is CCCCS(=O)(=O)NC(=O)c1cn(Cc2ccc(Cl)cc2Br)c(C)n1. The lowest BCUT2D eigenvalue weighted by Crippen LogP contribution is -2.32. The first kappa shape index (κ1) is 19.9. The summed E-state index contributed by atoms with van der Waals surface area (Å²) in [5.41, 5.74) is 1.04. The largest absolute Gasteiger partial charge is 0.330 e. The predicted molar refractivity (Wildman–Crippen MR) is 101 cm³/mol. The van der Waals surface area contributed by atoms with Gasteiger partial charge in [-0.05, 0) is 31.0 Å². The van der Waals surface area contributed by atoms with E-state index in [0.29, 0.717) is 23.8 Å². The molecule has 0 fully saturated rings. The second kappa shape index (κ2) is 8.33. The van der Waals surface area contributed by atoms with E-state index in [1.165, 1.54) is 0 Å². The molecule has 0 radical (unpaired) electrons. The lowest BCUT2D eigenvalue weighted by atomic mass is 10.2. The number of aromatic nitrogens is 2. The number of nitrogens with one attached hydrogen (secondary N) is 1. The molecule has 0 aliphatic rings. The van der Waals surface area contributed by atoms with Gasteiger partial charge in [0.25, 0.3) is 5.91 Å². The Morgan fingerprint density at radius 2 is 2.12 bits per heavy atom. The lowest BCUT2D eigenvalue weighted by Gasteiger charge is -2.07. The van der Waals surface area contributed by atoms with Crippen molar-refractivity contribution in [3.05, 3.63) is 51.0 Å². The summed E-state index contributed by atoms with van der Waals surface area (Å²) < 4.78 is 28.4. The number of carbonyl (C=O) groups excluding carboxylic acids is 1. The van der Waals surface area contributed by atoms with Gasteiger partial charge in [0.05, 0.1) is 5.75 Å². The van der Waals surface area contributed by atoms with Gasteiger partial charge in [0.2, 0.25) is 10.0 Å². The smallest absolute Gasteiger partial charge is 0.284 e. The van der Waals surface area contributed by atoms with Crippen molar-refractivity contribution in [2.75, 3.05) is 5.75 Å². The molecule has 1 aromatic carbocycles. The zero-order chi connectivity index (χ0) is 18.6. The normalized spacial score (nSPS) is 11.5. The number of hydrogen-bond acceptors (Lipinski definition) is 4. The van der Waals surface area contributed by atoms with Gasteiger partial charge in [0.1, 0.15) is 11.5 Å². The topological polar surface area (TPSA) is 81.1 Å². The minimum Gasteiger partial charge on any atom is -0.330 e. The van der Waals surface area contributed by atoms with Crippen LogP contribution < -0.4 is 4.72 Å². The lowest BCUT2D eigenvalue weighted by molar-refractivity contribution is 0.0977. The molecule has 9 heteroatoms. The van der Waals surface area contributed by atoms with E-state index in [0.717, 1.165) is 16.5 Å². The quantitative estimate of drug-likeness (QED) is 0.703. The number of halogens is 2. The molecule has 136 valence electrons. The van der Waals surface area contributed by atoms with Crippen LogP contribution in [0.3, 0.4) is 0 Å². The van der Waals surface area contributed by atoms with E-state index < -0.39 is 15.9 Å². The zero-order valence-corrected chi connectivity index (χ0v) is 17.1. The Kier molecular flexibility index (Phi) is 6.65. The van der Waals surface area contributed by atoms with Gasteiger partial charge < -0.3 is 4.57 Å². The Hall–Kier alpha value is -1.38. The minimum atomic E-state index is -3.64.